The lowest BCUT2D eigenvalue weighted by Crippen LogP contribution is -2.09. The Morgan fingerprint density at radius 3 is 1.41 bits per heavy atom. The summed E-state index contributed by atoms with van der Waals surface area (Å²) in [7, 11) is 3.43. The molecule has 0 spiro atoms. The summed E-state index contributed by atoms with van der Waals surface area (Å²) in [5.41, 5.74) is 6.04. The fourth-order valence-electron chi connectivity index (χ4n) is 3.40. The van der Waals surface area contributed by atoms with Crippen molar-refractivity contribution in [3.05, 3.63) is 95.6 Å². The number of methoxy groups -OCH3 is 2. The minimum absolute atomic E-state index is 0.192. The molecule has 0 unspecified atom stereocenters. The molecule has 3 aromatic carbocycles. The summed E-state index contributed by atoms with van der Waals surface area (Å²) in [6, 6.07) is 28.0. The van der Waals surface area contributed by atoms with Gasteiger partial charge in [-0.1, -0.05) is 54.6 Å². The van der Waals surface area contributed by atoms with Crippen LogP contribution in [0.4, 0.5) is 11.4 Å². The van der Waals surface area contributed by atoms with E-state index in [2.05, 4.69) is 89.5 Å². The molecule has 3 aromatic rings. The van der Waals surface area contributed by atoms with E-state index >= 15 is 0 Å². The lowest BCUT2D eigenvalue weighted by molar-refractivity contribution is 0.210. The molecule has 4 nitrogen and oxygen atoms in total. The number of hydrogen-bond donors (Lipinski definition) is 2. The van der Waals surface area contributed by atoms with Gasteiger partial charge in [-0.15, -0.1) is 0 Å². The molecule has 0 bridgehead atoms. The van der Waals surface area contributed by atoms with E-state index in [4.69, 9.17) is 9.47 Å². The van der Waals surface area contributed by atoms with Gasteiger partial charge in [0.15, 0.2) is 0 Å². The number of anilines is 2. The predicted octanol–water partition coefficient (Wildman–Crippen LogP) is 4.98. The van der Waals surface area contributed by atoms with Gasteiger partial charge in [-0.25, -0.2) is 0 Å². The Morgan fingerprint density at radius 2 is 1.00 bits per heavy atom. The van der Waals surface area contributed by atoms with Gasteiger partial charge in [-0.05, 0) is 41.0 Å². The van der Waals surface area contributed by atoms with E-state index in [1.165, 1.54) is 16.7 Å². The Hall–Kier alpha value is -2.82. The molecule has 0 aliphatic rings. The zero-order valence-electron chi connectivity index (χ0n) is 17.2. The summed E-state index contributed by atoms with van der Waals surface area (Å²) >= 11 is 0. The second-order valence-electron chi connectivity index (χ2n) is 6.93. The number of hydrogen-bond acceptors (Lipinski definition) is 4. The fraction of sp³-hybridized carbons (Fsp3) is 0.280. The van der Waals surface area contributed by atoms with Gasteiger partial charge in [-0.3, -0.25) is 0 Å². The van der Waals surface area contributed by atoms with Crippen molar-refractivity contribution in [3.8, 4) is 0 Å². The van der Waals surface area contributed by atoms with Crippen molar-refractivity contribution in [1.29, 1.82) is 0 Å². The van der Waals surface area contributed by atoms with Crippen molar-refractivity contribution in [2.24, 2.45) is 0 Å². The Bertz CT molecular complexity index is 779. The molecule has 0 heterocycles. The first-order chi connectivity index (χ1) is 14.3. The summed E-state index contributed by atoms with van der Waals surface area (Å²) in [6.45, 7) is 2.99. The van der Waals surface area contributed by atoms with Crippen LogP contribution in [-0.4, -0.2) is 40.5 Å². The van der Waals surface area contributed by atoms with Crippen molar-refractivity contribution in [2.45, 2.75) is 5.92 Å². The highest BCUT2D eigenvalue weighted by atomic mass is 16.5. The summed E-state index contributed by atoms with van der Waals surface area (Å²) < 4.78 is 10.2. The second-order valence-corrected chi connectivity index (χ2v) is 6.93. The largest absolute Gasteiger partial charge is 0.383 e. The van der Waals surface area contributed by atoms with Gasteiger partial charge in [0.25, 0.3) is 0 Å². The lowest BCUT2D eigenvalue weighted by Gasteiger charge is -2.20. The molecule has 29 heavy (non-hydrogen) atoms. The van der Waals surface area contributed by atoms with Crippen LogP contribution in [0.5, 0.6) is 0 Å². The molecule has 0 fully saturated rings. The number of rotatable bonds is 11. The van der Waals surface area contributed by atoms with Gasteiger partial charge in [0.2, 0.25) is 0 Å². The Morgan fingerprint density at radius 1 is 0.586 bits per heavy atom. The van der Waals surface area contributed by atoms with E-state index in [0.29, 0.717) is 13.2 Å². The average molecular weight is 391 g/mol. The summed E-state index contributed by atoms with van der Waals surface area (Å²) in [6.07, 6.45) is 0. The van der Waals surface area contributed by atoms with Crippen molar-refractivity contribution in [2.75, 3.05) is 51.2 Å². The molecule has 2 N–H and O–H groups in total. The third-order valence-electron chi connectivity index (χ3n) is 4.89. The quantitative estimate of drug-likeness (QED) is 0.358. The van der Waals surface area contributed by atoms with Crippen LogP contribution in [0, 0.1) is 0 Å². The van der Waals surface area contributed by atoms with Crippen molar-refractivity contribution >= 4 is 11.4 Å². The van der Waals surface area contributed by atoms with E-state index in [9.17, 15) is 0 Å². The average Bonchev–Trinajstić information content (AvgIpc) is 2.77. The molecule has 0 saturated heterocycles. The predicted molar refractivity (Wildman–Crippen MR) is 121 cm³/mol. The molecule has 0 amide bonds. The SMILES string of the molecule is COCCNc1ccc(C(c2ccccc2)c2ccc(NCCOC)cc2)cc1. The van der Waals surface area contributed by atoms with Gasteiger partial charge in [0.05, 0.1) is 13.2 Å². The second kappa shape index (κ2) is 11.2. The van der Waals surface area contributed by atoms with Crippen LogP contribution in [-0.2, 0) is 9.47 Å². The van der Waals surface area contributed by atoms with Crippen LogP contribution >= 0.6 is 0 Å². The van der Waals surface area contributed by atoms with E-state index < -0.39 is 0 Å². The molecular weight excluding hydrogens is 360 g/mol. The first-order valence-electron chi connectivity index (χ1n) is 10.0. The fourth-order valence-corrected chi connectivity index (χ4v) is 3.40. The highest BCUT2D eigenvalue weighted by molar-refractivity contribution is 5.52. The zero-order valence-corrected chi connectivity index (χ0v) is 17.2. The van der Waals surface area contributed by atoms with E-state index in [-0.39, 0.29) is 5.92 Å². The Kier molecular flexibility index (Phi) is 8.11. The minimum Gasteiger partial charge on any atom is -0.383 e. The molecule has 0 saturated carbocycles. The Balaban J connectivity index is 1.82. The molecule has 0 aliphatic heterocycles. The monoisotopic (exact) mass is 390 g/mol. The molecule has 0 aromatic heterocycles. The van der Waals surface area contributed by atoms with Crippen LogP contribution in [0.2, 0.25) is 0 Å². The topological polar surface area (TPSA) is 42.5 Å². The van der Waals surface area contributed by atoms with Crippen LogP contribution in [0.15, 0.2) is 78.9 Å². The maximum Gasteiger partial charge on any atom is 0.0635 e. The summed E-state index contributed by atoms with van der Waals surface area (Å²) in [5.74, 6) is 0.192. The van der Waals surface area contributed by atoms with Gasteiger partial charge in [0.1, 0.15) is 0 Å². The maximum absolute atomic E-state index is 5.11. The van der Waals surface area contributed by atoms with Crippen LogP contribution in [0.1, 0.15) is 22.6 Å². The molecular formula is C25H30N2O2. The van der Waals surface area contributed by atoms with E-state index in [1.54, 1.807) is 14.2 Å². The highest BCUT2D eigenvalue weighted by Crippen LogP contribution is 2.33. The Labute approximate surface area is 173 Å². The smallest absolute Gasteiger partial charge is 0.0635 e. The van der Waals surface area contributed by atoms with Gasteiger partial charge in [-0.2, -0.15) is 0 Å². The highest BCUT2D eigenvalue weighted by Gasteiger charge is 2.16. The normalized spacial score (nSPS) is 10.9. The van der Waals surface area contributed by atoms with Crippen LogP contribution in [0.25, 0.3) is 0 Å². The van der Waals surface area contributed by atoms with Crippen LogP contribution < -0.4 is 10.6 Å². The first-order valence-corrected chi connectivity index (χ1v) is 10.0. The minimum atomic E-state index is 0.192. The molecule has 3 rings (SSSR count). The van der Waals surface area contributed by atoms with Crippen molar-refractivity contribution in [1.82, 2.24) is 0 Å². The van der Waals surface area contributed by atoms with Crippen LogP contribution in [0.3, 0.4) is 0 Å². The molecule has 4 heteroatoms. The summed E-state index contributed by atoms with van der Waals surface area (Å²) in [5, 5.41) is 6.76. The third kappa shape index (κ3) is 6.08. The van der Waals surface area contributed by atoms with E-state index in [0.717, 1.165) is 24.5 Å². The lowest BCUT2D eigenvalue weighted by atomic mass is 9.85. The van der Waals surface area contributed by atoms with E-state index in [1.807, 2.05) is 0 Å². The van der Waals surface area contributed by atoms with Crippen molar-refractivity contribution < 1.29 is 9.47 Å². The number of benzene rings is 3. The zero-order chi connectivity index (χ0) is 20.3. The maximum atomic E-state index is 5.11. The number of nitrogens with one attached hydrogen (secondary N) is 2. The number of ether oxygens (including phenoxy) is 2. The van der Waals surface area contributed by atoms with Gasteiger partial charge < -0.3 is 20.1 Å². The molecule has 152 valence electrons. The summed E-state index contributed by atoms with van der Waals surface area (Å²) in [4.78, 5) is 0. The molecule has 0 radical (unpaired) electrons. The van der Waals surface area contributed by atoms with Gasteiger partial charge >= 0.3 is 0 Å². The standard InChI is InChI=1S/C25H30N2O2/c1-28-18-16-26-23-12-8-21(9-13-23)25(20-6-4-3-5-7-20)22-10-14-24(15-11-22)27-17-19-29-2/h3-15,25-27H,16-19H2,1-2H3. The van der Waals surface area contributed by atoms with Crippen molar-refractivity contribution in [3.63, 3.8) is 0 Å². The third-order valence-corrected chi connectivity index (χ3v) is 4.89. The molecule has 0 atom stereocenters. The van der Waals surface area contributed by atoms with Gasteiger partial charge in [0, 0.05) is 44.6 Å². The first kappa shape index (κ1) is 20.9. The molecule has 0 aliphatic carbocycles.